The lowest BCUT2D eigenvalue weighted by Gasteiger charge is -2.09. The Balaban J connectivity index is 3.14. The number of esters is 1. The molecule has 0 aliphatic carbocycles. The van der Waals surface area contributed by atoms with Gasteiger partial charge in [-0.2, -0.15) is 0 Å². The van der Waals surface area contributed by atoms with Gasteiger partial charge in [0.15, 0.2) is 0 Å². The summed E-state index contributed by atoms with van der Waals surface area (Å²) in [6.07, 6.45) is -2.87. The number of methoxy groups -OCH3 is 1. The Hall–Kier alpha value is -0.790. The van der Waals surface area contributed by atoms with Crippen molar-refractivity contribution in [2.45, 2.75) is 19.8 Å². The maximum absolute atomic E-state index is 12.7. The van der Waals surface area contributed by atoms with Crippen molar-refractivity contribution in [2.24, 2.45) is 0 Å². The van der Waals surface area contributed by atoms with Gasteiger partial charge in [0.1, 0.15) is 0 Å². The van der Waals surface area contributed by atoms with Crippen LogP contribution in [0.2, 0.25) is 0 Å². The molecule has 3 nitrogen and oxygen atoms in total. The molecule has 16 heavy (non-hydrogen) atoms. The third kappa shape index (κ3) is 3.10. The standard InChI is InChI=1S/C10H10F2INO2/c1-5-7(13)3-6(10(11)12)8(14-5)4-9(15)16-2/h3,10H,4H2,1-2H3. The quantitative estimate of drug-likeness (QED) is 0.627. The first kappa shape index (κ1) is 13.3. The van der Waals surface area contributed by atoms with Gasteiger partial charge in [0.2, 0.25) is 0 Å². The van der Waals surface area contributed by atoms with Crippen LogP contribution in [0.15, 0.2) is 6.07 Å². The largest absolute Gasteiger partial charge is 0.469 e. The topological polar surface area (TPSA) is 39.2 Å². The number of aryl methyl sites for hydroxylation is 1. The summed E-state index contributed by atoms with van der Waals surface area (Å²) < 4.78 is 30.5. The van der Waals surface area contributed by atoms with Crippen LogP contribution in [-0.4, -0.2) is 18.1 Å². The fourth-order valence-corrected chi connectivity index (χ4v) is 1.64. The minimum atomic E-state index is -2.64. The van der Waals surface area contributed by atoms with E-state index in [1.807, 2.05) is 22.6 Å². The average molecular weight is 341 g/mol. The van der Waals surface area contributed by atoms with Gasteiger partial charge >= 0.3 is 5.97 Å². The number of hydrogen-bond donors (Lipinski definition) is 0. The number of aromatic nitrogens is 1. The van der Waals surface area contributed by atoms with Crippen LogP contribution in [0.4, 0.5) is 8.78 Å². The van der Waals surface area contributed by atoms with E-state index in [1.165, 1.54) is 13.2 Å². The molecule has 0 amide bonds. The molecule has 0 unspecified atom stereocenters. The second kappa shape index (κ2) is 5.51. The van der Waals surface area contributed by atoms with E-state index in [0.717, 1.165) is 0 Å². The Labute approximate surface area is 105 Å². The van der Waals surface area contributed by atoms with E-state index in [4.69, 9.17) is 0 Å². The van der Waals surface area contributed by atoms with E-state index >= 15 is 0 Å². The molecule has 1 aromatic rings. The van der Waals surface area contributed by atoms with Gasteiger partial charge in [-0.1, -0.05) is 0 Å². The molecule has 0 radical (unpaired) electrons. The molecule has 0 aromatic carbocycles. The number of rotatable bonds is 3. The van der Waals surface area contributed by atoms with Crippen molar-refractivity contribution >= 4 is 28.6 Å². The van der Waals surface area contributed by atoms with Gasteiger partial charge in [-0.05, 0) is 35.6 Å². The van der Waals surface area contributed by atoms with E-state index in [-0.39, 0.29) is 17.7 Å². The molecule has 0 spiro atoms. The first-order valence-electron chi connectivity index (χ1n) is 4.46. The summed E-state index contributed by atoms with van der Waals surface area (Å²) in [7, 11) is 1.21. The van der Waals surface area contributed by atoms with Gasteiger partial charge < -0.3 is 4.74 Å². The van der Waals surface area contributed by atoms with Crippen molar-refractivity contribution in [1.29, 1.82) is 0 Å². The predicted molar refractivity (Wildman–Crippen MR) is 62.4 cm³/mol. The van der Waals surface area contributed by atoms with Crippen LogP contribution in [0.5, 0.6) is 0 Å². The molecule has 6 heteroatoms. The van der Waals surface area contributed by atoms with Crippen LogP contribution < -0.4 is 0 Å². The van der Waals surface area contributed by atoms with Crippen LogP contribution >= 0.6 is 22.6 Å². The molecular weight excluding hydrogens is 331 g/mol. The van der Waals surface area contributed by atoms with Crippen LogP contribution in [-0.2, 0) is 16.0 Å². The lowest BCUT2D eigenvalue weighted by Crippen LogP contribution is -2.10. The molecule has 0 bridgehead atoms. The molecule has 0 aliphatic rings. The van der Waals surface area contributed by atoms with E-state index in [9.17, 15) is 13.6 Å². The second-order valence-corrected chi connectivity index (χ2v) is 4.31. The molecular formula is C10H10F2INO2. The summed E-state index contributed by atoms with van der Waals surface area (Å²) in [6, 6.07) is 1.35. The lowest BCUT2D eigenvalue weighted by molar-refractivity contribution is -0.139. The number of carbonyl (C=O) groups excluding carboxylic acids is 1. The van der Waals surface area contributed by atoms with Crippen molar-refractivity contribution < 1.29 is 18.3 Å². The van der Waals surface area contributed by atoms with Gasteiger partial charge in [0.05, 0.1) is 24.9 Å². The predicted octanol–water partition coefficient (Wildman–Crippen LogP) is 2.65. The summed E-state index contributed by atoms with van der Waals surface area (Å²) in [5, 5.41) is 0. The number of pyridine rings is 1. The van der Waals surface area contributed by atoms with Crippen molar-refractivity contribution in [2.75, 3.05) is 7.11 Å². The minimum absolute atomic E-state index is 0.0831. The Morgan fingerprint density at radius 3 is 2.75 bits per heavy atom. The summed E-state index contributed by atoms with van der Waals surface area (Å²) in [5.74, 6) is -0.574. The average Bonchev–Trinajstić information content (AvgIpc) is 2.22. The van der Waals surface area contributed by atoms with Crippen molar-refractivity contribution in [3.8, 4) is 0 Å². The van der Waals surface area contributed by atoms with Gasteiger partial charge in [0.25, 0.3) is 6.43 Å². The molecule has 1 rings (SSSR count). The number of halogens is 3. The van der Waals surface area contributed by atoms with E-state index in [0.29, 0.717) is 9.26 Å². The number of carbonyl (C=O) groups is 1. The number of nitrogens with zero attached hydrogens (tertiary/aromatic N) is 1. The van der Waals surface area contributed by atoms with E-state index < -0.39 is 12.4 Å². The molecule has 0 fully saturated rings. The highest BCUT2D eigenvalue weighted by atomic mass is 127. The molecule has 0 saturated heterocycles. The van der Waals surface area contributed by atoms with Gasteiger partial charge in [0, 0.05) is 9.13 Å². The first-order valence-corrected chi connectivity index (χ1v) is 5.54. The molecule has 0 aliphatic heterocycles. The molecule has 0 saturated carbocycles. The van der Waals surface area contributed by atoms with Crippen LogP contribution in [0.25, 0.3) is 0 Å². The van der Waals surface area contributed by atoms with Crippen molar-refractivity contribution in [3.05, 3.63) is 26.6 Å². The maximum Gasteiger partial charge on any atom is 0.311 e. The normalized spacial score (nSPS) is 10.6. The fraction of sp³-hybridized carbons (Fsp3) is 0.400. The van der Waals surface area contributed by atoms with Crippen LogP contribution in [0, 0.1) is 10.5 Å². The molecule has 1 heterocycles. The first-order chi connectivity index (χ1) is 7.45. The SMILES string of the molecule is COC(=O)Cc1nc(C)c(I)cc1C(F)F. The third-order valence-electron chi connectivity index (χ3n) is 2.04. The van der Waals surface area contributed by atoms with E-state index in [1.54, 1.807) is 6.92 Å². The van der Waals surface area contributed by atoms with Crippen molar-refractivity contribution in [3.63, 3.8) is 0 Å². The smallest absolute Gasteiger partial charge is 0.311 e. The number of hydrogen-bond acceptors (Lipinski definition) is 3. The third-order valence-corrected chi connectivity index (χ3v) is 3.13. The summed E-state index contributed by atoms with van der Waals surface area (Å²) in [6.45, 7) is 1.71. The Morgan fingerprint density at radius 2 is 2.25 bits per heavy atom. The highest BCUT2D eigenvalue weighted by Gasteiger charge is 2.18. The summed E-state index contributed by atoms with van der Waals surface area (Å²) in [4.78, 5) is 15.0. The van der Waals surface area contributed by atoms with Gasteiger partial charge in [-0.25, -0.2) is 8.78 Å². The summed E-state index contributed by atoms with van der Waals surface area (Å²) in [5.41, 5.74) is 0.504. The molecule has 0 atom stereocenters. The Bertz CT molecular complexity index is 410. The fourth-order valence-electron chi connectivity index (χ4n) is 1.18. The Morgan fingerprint density at radius 1 is 1.62 bits per heavy atom. The second-order valence-electron chi connectivity index (χ2n) is 3.15. The number of alkyl halides is 2. The highest BCUT2D eigenvalue weighted by molar-refractivity contribution is 14.1. The van der Waals surface area contributed by atoms with E-state index in [2.05, 4.69) is 9.72 Å². The van der Waals surface area contributed by atoms with Crippen LogP contribution in [0.1, 0.15) is 23.4 Å². The van der Waals surface area contributed by atoms with Gasteiger partial charge in [-0.15, -0.1) is 0 Å². The molecule has 88 valence electrons. The zero-order valence-electron chi connectivity index (χ0n) is 8.76. The maximum atomic E-state index is 12.7. The zero-order chi connectivity index (χ0) is 12.3. The monoisotopic (exact) mass is 341 g/mol. The number of ether oxygens (including phenoxy) is 1. The van der Waals surface area contributed by atoms with Gasteiger partial charge in [-0.3, -0.25) is 9.78 Å². The summed E-state index contributed by atoms with van der Waals surface area (Å²) >= 11 is 1.93. The zero-order valence-corrected chi connectivity index (χ0v) is 10.9. The Kier molecular flexibility index (Phi) is 4.57. The molecule has 0 N–H and O–H groups in total. The highest BCUT2D eigenvalue weighted by Crippen LogP contribution is 2.25. The molecule has 1 aromatic heterocycles. The van der Waals surface area contributed by atoms with Crippen LogP contribution in [0.3, 0.4) is 0 Å². The lowest BCUT2D eigenvalue weighted by atomic mass is 10.1. The minimum Gasteiger partial charge on any atom is -0.469 e. The van der Waals surface area contributed by atoms with Crippen molar-refractivity contribution in [1.82, 2.24) is 4.98 Å².